The third-order valence-electron chi connectivity index (χ3n) is 5.02. The summed E-state index contributed by atoms with van der Waals surface area (Å²) in [5, 5.41) is 3.60. The van der Waals surface area contributed by atoms with E-state index >= 15 is 0 Å². The first-order chi connectivity index (χ1) is 14.3. The van der Waals surface area contributed by atoms with Crippen molar-refractivity contribution < 1.29 is 9.53 Å². The third kappa shape index (κ3) is 4.75. The van der Waals surface area contributed by atoms with E-state index in [-0.39, 0.29) is 29.1 Å². The minimum atomic E-state index is -0.445. The van der Waals surface area contributed by atoms with E-state index in [0.717, 1.165) is 30.4 Å². The smallest absolute Gasteiger partial charge is 0.332 e. The van der Waals surface area contributed by atoms with Gasteiger partial charge in [0, 0.05) is 32.7 Å². The number of nitrogens with zero attached hydrogens (tertiary/aromatic N) is 4. The van der Waals surface area contributed by atoms with Crippen molar-refractivity contribution in [3.8, 4) is 0 Å². The molecule has 164 valence electrons. The number of rotatable bonds is 8. The van der Waals surface area contributed by atoms with Crippen molar-refractivity contribution >= 4 is 28.7 Å². The maximum atomic E-state index is 12.9. The molecule has 3 heterocycles. The molecular formula is C20H29N5O4S. The van der Waals surface area contributed by atoms with Crippen molar-refractivity contribution in [3.63, 3.8) is 0 Å². The topological polar surface area (TPSA) is 108 Å². The van der Waals surface area contributed by atoms with Gasteiger partial charge in [0.05, 0.1) is 11.9 Å². The van der Waals surface area contributed by atoms with Crippen LogP contribution in [0.25, 0.3) is 11.0 Å². The molecule has 9 nitrogen and oxygen atoms in total. The van der Waals surface area contributed by atoms with E-state index in [1.807, 2.05) is 20.8 Å². The van der Waals surface area contributed by atoms with E-state index in [2.05, 4.69) is 15.3 Å². The predicted octanol–water partition coefficient (Wildman–Crippen LogP) is 1.41. The Morgan fingerprint density at radius 1 is 1.33 bits per heavy atom. The maximum Gasteiger partial charge on any atom is 0.332 e. The summed E-state index contributed by atoms with van der Waals surface area (Å²) < 4.78 is 8.12. The van der Waals surface area contributed by atoms with Gasteiger partial charge in [0.25, 0.3) is 5.56 Å². The molecule has 1 aliphatic rings. The number of amides is 1. The van der Waals surface area contributed by atoms with Crippen LogP contribution >= 0.6 is 11.8 Å². The van der Waals surface area contributed by atoms with Crippen molar-refractivity contribution in [3.05, 3.63) is 26.7 Å². The summed E-state index contributed by atoms with van der Waals surface area (Å²) in [4.78, 5) is 47.0. The number of thioether (sulfide) groups is 1. The fourth-order valence-corrected chi connectivity index (χ4v) is 4.21. The molecule has 1 N–H and O–H groups in total. The minimum Gasteiger partial charge on any atom is -0.376 e. The highest BCUT2D eigenvalue weighted by Crippen LogP contribution is 2.24. The molecule has 0 radical (unpaired) electrons. The molecule has 0 aromatic carbocycles. The number of carbonyl (C=O) groups excluding carboxylic acids is 1. The van der Waals surface area contributed by atoms with Gasteiger partial charge in [0.2, 0.25) is 5.91 Å². The Hall–Kier alpha value is -2.20. The number of ether oxygens (including phenoxy) is 1. The van der Waals surface area contributed by atoms with Crippen molar-refractivity contribution in [1.82, 2.24) is 24.4 Å². The second-order valence-electron chi connectivity index (χ2n) is 7.77. The van der Waals surface area contributed by atoms with Gasteiger partial charge in [0.1, 0.15) is 16.2 Å². The summed E-state index contributed by atoms with van der Waals surface area (Å²) in [7, 11) is 1.45. The van der Waals surface area contributed by atoms with Crippen LogP contribution in [0.4, 0.5) is 0 Å². The lowest BCUT2D eigenvalue weighted by atomic mass is 10.2. The Kier molecular flexibility index (Phi) is 7.30. The average molecular weight is 436 g/mol. The molecule has 30 heavy (non-hydrogen) atoms. The molecular weight excluding hydrogens is 406 g/mol. The standard InChI is InChI=1S/C20H29N5O4S/c1-5-8-25-17-15(19(27)24(4)20(25)28)18(23-16(22-17)12(2)3)30-11-14(26)21-10-13-7-6-9-29-13/h12-13H,5-11H2,1-4H3,(H,21,26)/t13-/m1/s1. The number of fused-ring (bicyclic) bond motifs is 1. The SMILES string of the molecule is CCCn1c(=O)n(C)c(=O)c2c(SCC(=O)NC[C@H]3CCCO3)nc(C(C)C)nc21. The Morgan fingerprint density at radius 3 is 2.73 bits per heavy atom. The average Bonchev–Trinajstić information content (AvgIpc) is 3.25. The van der Waals surface area contributed by atoms with Crippen molar-refractivity contribution in [2.24, 2.45) is 7.05 Å². The monoisotopic (exact) mass is 435 g/mol. The number of hydrogen-bond donors (Lipinski definition) is 1. The van der Waals surface area contributed by atoms with E-state index in [9.17, 15) is 14.4 Å². The summed E-state index contributed by atoms with van der Waals surface area (Å²) in [5.74, 6) is 0.526. The van der Waals surface area contributed by atoms with E-state index < -0.39 is 11.2 Å². The highest BCUT2D eigenvalue weighted by atomic mass is 32.2. The molecule has 0 unspecified atom stereocenters. The quantitative estimate of drug-likeness (QED) is 0.493. The molecule has 2 aromatic rings. The summed E-state index contributed by atoms with van der Waals surface area (Å²) in [6, 6.07) is 0. The van der Waals surface area contributed by atoms with Gasteiger partial charge in [-0.25, -0.2) is 14.8 Å². The molecule has 0 bridgehead atoms. The van der Waals surface area contributed by atoms with Crippen molar-refractivity contribution in [2.45, 2.75) is 63.6 Å². The van der Waals surface area contributed by atoms with Crippen LogP contribution in [-0.4, -0.2) is 50.0 Å². The molecule has 0 spiro atoms. The largest absolute Gasteiger partial charge is 0.376 e. The number of nitrogens with one attached hydrogen (secondary N) is 1. The second-order valence-corrected chi connectivity index (χ2v) is 8.73. The number of aromatic nitrogens is 4. The molecule has 1 fully saturated rings. The van der Waals surface area contributed by atoms with E-state index in [0.29, 0.717) is 29.6 Å². The number of aryl methyl sites for hydroxylation is 1. The lowest BCUT2D eigenvalue weighted by Crippen LogP contribution is -2.39. The first-order valence-corrected chi connectivity index (χ1v) is 11.3. The van der Waals surface area contributed by atoms with Crippen LogP contribution in [0, 0.1) is 0 Å². The van der Waals surface area contributed by atoms with Gasteiger partial charge < -0.3 is 10.1 Å². The fourth-order valence-electron chi connectivity index (χ4n) is 3.36. The molecule has 1 amide bonds. The Labute approximate surface area is 179 Å². The van der Waals surface area contributed by atoms with Crippen molar-refractivity contribution in [2.75, 3.05) is 18.9 Å². The molecule has 0 saturated carbocycles. The summed E-state index contributed by atoms with van der Waals surface area (Å²) in [5.41, 5.74) is -0.501. The second kappa shape index (κ2) is 9.74. The lowest BCUT2D eigenvalue weighted by Gasteiger charge is -2.15. The van der Waals surface area contributed by atoms with Crippen LogP contribution in [-0.2, 0) is 23.1 Å². The van der Waals surface area contributed by atoms with Crippen molar-refractivity contribution in [1.29, 1.82) is 0 Å². The Morgan fingerprint density at radius 2 is 2.10 bits per heavy atom. The molecule has 1 aliphatic heterocycles. The summed E-state index contributed by atoms with van der Waals surface area (Å²) in [6.45, 7) is 7.54. The molecule has 10 heteroatoms. The lowest BCUT2D eigenvalue weighted by molar-refractivity contribution is -0.119. The predicted molar refractivity (Wildman–Crippen MR) is 116 cm³/mol. The Balaban J connectivity index is 1.95. The molecule has 3 rings (SSSR count). The number of hydrogen-bond acceptors (Lipinski definition) is 7. The van der Waals surface area contributed by atoms with Crippen LogP contribution in [0.2, 0.25) is 0 Å². The van der Waals surface area contributed by atoms with E-state index in [1.54, 1.807) is 0 Å². The zero-order chi connectivity index (χ0) is 21.8. The highest BCUT2D eigenvalue weighted by molar-refractivity contribution is 8.00. The highest BCUT2D eigenvalue weighted by Gasteiger charge is 2.21. The van der Waals surface area contributed by atoms with Gasteiger partial charge in [0.15, 0.2) is 5.65 Å². The normalized spacial score (nSPS) is 16.5. The van der Waals surface area contributed by atoms with Gasteiger partial charge in [-0.05, 0) is 19.3 Å². The van der Waals surface area contributed by atoms with Crippen LogP contribution < -0.4 is 16.6 Å². The number of carbonyl (C=O) groups is 1. The van der Waals surface area contributed by atoms with Gasteiger partial charge in [-0.15, -0.1) is 0 Å². The van der Waals surface area contributed by atoms with Gasteiger partial charge in [-0.1, -0.05) is 32.5 Å². The van der Waals surface area contributed by atoms with Gasteiger partial charge in [-0.2, -0.15) is 0 Å². The zero-order valence-electron chi connectivity index (χ0n) is 17.9. The van der Waals surface area contributed by atoms with E-state index in [1.165, 1.54) is 23.4 Å². The first kappa shape index (κ1) is 22.5. The minimum absolute atomic E-state index is 0.0105. The molecule has 2 aromatic heterocycles. The third-order valence-corrected chi connectivity index (χ3v) is 6.00. The maximum absolute atomic E-state index is 12.9. The molecule has 0 aliphatic carbocycles. The molecule has 1 atom stereocenters. The summed E-state index contributed by atoms with van der Waals surface area (Å²) in [6.07, 6.45) is 2.76. The summed E-state index contributed by atoms with van der Waals surface area (Å²) >= 11 is 1.19. The van der Waals surface area contributed by atoms with Crippen LogP contribution in [0.1, 0.15) is 51.8 Å². The zero-order valence-corrected chi connectivity index (χ0v) is 18.8. The van der Waals surface area contributed by atoms with Gasteiger partial charge >= 0.3 is 5.69 Å². The first-order valence-electron chi connectivity index (χ1n) is 10.4. The fraction of sp³-hybridized carbons (Fsp3) is 0.650. The van der Waals surface area contributed by atoms with Crippen LogP contribution in [0.5, 0.6) is 0 Å². The Bertz CT molecular complexity index is 1040. The molecule has 1 saturated heterocycles. The van der Waals surface area contributed by atoms with Crippen LogP contribution in [0.3, 0.4) is 0 Å². The van der Waals surface area contributed by atoms with E-state index in [4.69, 9.17) is 4.74 Å². The van der Waals surface area contributed by atoms with Gasteiger partial charge in [-0.3, -0.25) is 18.7 Å². The van der Waals surface area contributed by atoms with Crippen LogP contribution in [0.15, 0.2) is 14.6 Å².